The Morgan fingerprint density at radius 3 is 2.86 bits per heavy atom. The molecular formula is C21H23ClFNO3S. The van der Waals surface area contributed by atoms with E-state index in [-0.39, 0.29) is 16.7 Å². The third-order valence-corrected chi connectivity index (χ3v) is 6.15. The van der Waals surface area contributed by atoms with Crippen LogP contribution in [0.3, 0.4) is 0 Å². The molecule has 4 nitrogen and oxygen atoms in total. The van der Waals surface area contributed by atoms with Crippen LogP contribution in [0, 0.1) is 5.82 Å². The van der Waals surface area contributed by atoms with Crippen LogP contribution in [0.5, 0.6) is 5.75 Å². The fourth-order valence-corrected chi connectivity index (χ4v) is 4.20. The molecule has 1 saturated heterocycles. The highest BCUT2D eigenvalue weighted by Crippen LogP contribution is 2.27. The molecule has 1 heterocycles. The molecule has 2 aromatic rings. The molecule has 7 heteroatoms. The summed E-state index contributed by atoms with van der Waals surface area (Å²) in [6.45, 7) is 3.30. The third-order valence-electron chi connectivity index (χ3n) is 4.42. The SMILES string of the molecule is CC(Oc1ccc(F)cc1Cl)C(=O)Nc1cccc(CSC2CCOCC2)c1. The standard InChI is InChI=1S/C21H23ClFNO3S/c1-14(27-20-6-5-16(23)12-19(20)22)21(25)24-17-4-2-3-15(11-17)13-28-18-7-9-26-10-8-18/h2-6,11-12,14,18H,7-10,13H2,1H3,(H,24,25). The molecule has 1 unspecified atom stereocenters. The lowest BCUT2D eigenvalue weighted by Crippen LogP contribution is -2.30. The summed E-state index contributed by atoms with van der Waals surface area (Å²) >= 11 is 7.88. The van der Waals surface area contributed by atoms with Crippen LogP contribution in [0.2, 0.25) is 5.02 Å². The number of carbonyl (C=O) groups is 1. The summed E-state index contributed by atoms with van der Waals surface area (Å²) < 4.78 is 24.1. The molecule has 1 aliphatic rings. The van der Waals surface area contributed by atoms with Crippen molar-refractivity contribution in [3.05, 3.63) is 58.9 Å². The van der Waals surface area contributed by atoms with Crippen molar-refractivity contribution in [2.75, 3.05) is 18.5 Å². The quantitative estimate of drug-likeness (QED) is 0.656. The molecule has 3 rings (SSSR count). The molecule has 2 aromatic carbocycles. The Balaban J connectivity index is 1.54. The highest BCUT2D eigenvalue weighted by Gasteiger charge is 2.17. The molecule has 0 saturated carbocycles. The average Bonchev–Trinajstić information content (AvgIpc) is 2.69. The van der Waals surface area contributed by atoms with Crippen LogP contribution in [0.1, 0.15) is 25.3 Å². The monoisotopic (exact) mass is 423 g/mol. The summed E-state index contributed by atoms with van der Waals surface area (Å²) in [7, 11) is 0. The number of thioether (sulfide) groups is 1. The maximum Gasteiger partial charge on any atom is 0.265 e. The summed E-state index contributed by atoms with van der Waals surface area (Å²) in [6, 6.07) is 11.6. The second-order valence-corrected chi connectivity index (χ2v) is 8.34. The zero-order valence-electron chi connectivity index (χ0n) is 15.6. The van der Waals surface area contributed by atoms with E-state index in [1.165, 1.54) is 12.1 Å². The highest BCUT2D eigenvalue weighted by atomic mass is 35.5. The molecular weight excluding hydrogens is 401 g/mol. The van der Waals surface area contributed by atoms with Crippen molar-refractivity contribution >= 4 is 35.0 Å². The third kappa shape index (κ3) is 6.12. The van der Waals surface area contributed by atoms with E-state index in [1.54, 1.807) is 6.92 Å². The van der Waals surface area contributed by atoms with Crippen molar-refractivity contribution in [2.45, 2.75) is 36.9 Å². The van der Waals surface area contributed by atoms with Crippen LogP contribution in [0.25, 0.3) is 0 Å². The van der Waals surface area contributed by atoms with Gasteiger partial charge in [0, 0.05) is 29.9 Å². The second-order valence-electron chi connectivity index (χ2n) is 6.65. The van der Waals surface area contributed by atoms with E-state index < -0.39 is 11.9 Å². The van der Waals surface area contributed by atoms with E-state index in [9.17, 15) is 9.18 Å². The van der Waals surface area contributed by atoms with Crippen molar-refractivity contribution in [1.82, 2.24) is 0 Å². The van der Waals surface area contributed by atoms with Crippen LogP contribution in [0.15, 0.2) is 42.5 Å². The molecule has 0 aliphatic carbocycles. The van der Waals surface area contributed by atoms with Gasteiger partial charge in [0.25, 0.3) is 5.91 Å². The predicted octanol–water partition coefficient (Wildman–Crippen LogP) is 5.30. The predicted molar refractivity (Wildman–Crippen MR) is 112 cm³/mol. The van der Waals surface area contributed by atoms with Crippen LogP contribution in [0.4, 0.5) is 10.1 Å². The molecule has 1 N–H and O–H groups in total. The normalized spacial score (nSPS) is 15.8. The van der Waals surface area contributed by atoms with Gasteiger partial charge in [0.15, 0.2) is 6.10 Å². The van der Waals surface area contributed by atoms with E-state index in [2.05, 4.69) is 11.4 Å². The molecule has 28 heavy (non-hydrogen) atoms. The number of halogens is 2. The van der Waals surface area contributed by atoms with Crippen molar-refractivity contribution in [1.29, 1.82) is 0 Å². The van der Waals surface area contributed by atoms with Crippen molar-refractivity contribution in [3.63, 3.8) is 0 Å². The van der Waals surface area contributed by atoms with Gasteiger partial charge in [0.1, 0.15) is 11.6 Å². The number of anilines is 1. The first-order valence-corrected chi connectivity index (χ1v) is 10.6. The van der Waals surface area contributed by atoms with E-state index in [0.717, 1.165) is 49.1 Å². The van der Waals surface area contributed by atoms with E-state index in [0.29, 0.717) is 5.25 Å². The van der Waals surface area contributed by atoms with Gasteiger partial charge in [-0.25, -0.2) is 4.39 Å². The molecule has 0 aromatic heterocycles. The Morgan fingerprint density at radius 1 is 1.32 bits per heavy atom. The van der Waals surface area contributed by atoms with Gasteiger partial charge in [0.05, 0.1) is 5.02 Å². The summed E-state index contributed by atoms with van der Waals surface area (Å²) in [5.74, 6) is 0.415. The molecule has 1 fully saturated rings. The van der Waals surface area contributed by atoms with Gasteiger partial charge in [0.2, 0.25) is 0 Å². The number of rotatable bonds is 7. The molecule has 0 bridgehead atoms. The minimum absolute atomic E-state index is 0.131. The maximum atomic E-state index is 13.1. The minimum atomic E-state index is -0.775. The first kappa shape index (κ1) is 21.0. The van der Waals surface area contributed by atoms with Gasteiger partial charge in [-0.3, -0.25) is 4.79 Å². The van der Waals surface area contributed by atoms with Crippen molar-refractivity contribution in [3.8, 4) is 5.75 Å². The van der Waals surface area contributed by atoms with Gasteiger partial charge >= 0.3 is 0 Å². The Hall–Kier alpha value is -1.76. The van der Waals surface area contributed by atoms with Crippen LogP contribution >= 0.6 is 23.4 Å². The van der Waals surface area contributed by atoms with E-state index in [1.807, 2.05) is 30.0 Å². The lowest BCUT2D eigenvalue weighted by atomic mass is 10.2. The highest BCUT2D eigenvalue weighted by molar-refractivity contribution is 7.99. The molecule has 1 aliphatic heterocycles. The number of ether oxygens (including phenoxy) is 2. The second kappa shape index (κ2) is 10.1. The van der Waals surface area contributed by atoms with Gasteiger partial charge in [-0.15, -0.1) is 0 Å². The van der Waals surface area contributed by atoms with Crippen LogP contribution in [-0.4, -0.2) is 30.5 Å². The van der Waals surface area contributed by atoms with E-state index >= 15 is 0 Å². The van der Waals surface area contributed by atoms with Crippen molar-refractivity contribution < 1.29 is 18.7 Å². The lowest BCUT2D eigenvalue weighted by Gasteiger charge is -2.21. The summed E-state index contributed by atoms with van der Waals surface area (Å²) in [5, 5.41) is 3.62. The lowest BCUT2D eigenvalue weighted by molar-refractivity contribution is -0.122. The number of nitrogens with one attached hydrogen (secondary N) is 1. The van der Waals surface area contributed by atoms with Crippen molar-refractivity contribution in [2.24, 2.45) is 0 Å². The van der Waals surface area contributed by atoms with Gasteiger partial charge in [-0.1, -0.05) is 23.7 Å². The Kier molecular flexibility index (Phi) is 7.59. The zero-order chi connectivity index (χ0) is 19.9. The number of hydrogen-bond acceptors (Lipinski definition) is 4. The van der Waals surface area contributed by atoms with Crippen LogP contribution < -0.4 is 10.1 Å². The Morgan fingerprint density at radius 2 is 2.11 bits per heavy atom. The number of carbonyl (C=O) groups excluding carboxylic acids is 1. The molecule has 1 atom stereocenters. The maximum absolute atomic E-state index is 13.1. The topological polar surface area (TPSA) is 47.6 Å². The molecule has 1 amide bonds. The number of amides is 1. The van der Waals surface area contributed by atoms with Gasteiger partial charge in [-0.2, -0.15) is 11.8 Å². The first-order valence-electron chi connectivity index (χ1n) is 9.22. The fourth-order valence-electron chi connectivity index (χ4n) is 2.85. The molecule has 0 radical (unpaired) electrons. The summed E-state index contributed by atoms with van der Waals surface area (Å²) in [5.41, 5.74) is 1.88. The van der Waals surface area contributed by atoms with Gasteiger partial charge in [-0.05, 0) is 55.7 Å². The minimum Gasteiger partial charge on any atom is -0.479 e. The van der Waals surface area contributed by atoms with E-state index in [4.69, 9.17) is 21.1 Å². The number of benzene rings is 2. The Labute approximate surface area is 173 Å². The average molecular weight is 424 g/mol. The zero-order valence-corrected chi connectivity index (χ0v) is 17.2. The fraction of sp³-hybridized carbons (Fsp3) is 0.381. The number of hydrogen-bond donors (Lipinski definition) is 1. The van der Waals surface area contributed by atoms with Gasteiger partial charge < -0.3 is 14.8 Å². The van der Waals surface area contributed by atoms with Crippen LogP contribution in [-0.2, 0) is 15.3 Å². The molecule has 150 valence electrons. The Bertz CT molecular complexity index is 814. The first-order chi connectivity index (χ1) is 13.5. The summed E-state index contributed by atoms with van der Waals surface area (Å²) in [6.07, 6.45) is 1.40. The summed E-state index contributed by atoms with van der Waals surface area (Å²) in [4.78, 5) is 12.4. The molecule has 0 spiro atoms. The largest absolute Gasteiger partial charge is 0.479 e. The smallest absolute Gasteiger partial charge is 0.265 e.